The van der Waals surface area contributed by atoms with Crippen molar-refractivity contribution in [2.24, 2.45) is 0 Å². The van der Waals surface area contributed by atoms with Gasteiger partial charge in [-0.05, 0) is 31.7 Å². The van der Waals surface area contributed by atoms with E-state index in [1.807, 2.05) is 6.07 Å². The van der Waals surface area contributed by atoms with Crippen LogP contribution in [0.25, 0.3) is 0 Å². The Hall–Kier alpha value is -1.40. The number of hydrogen-bond acceptors (Lipinski definition) is 4. The molecule has 0 aromatic heterocycles. The van der Waals surface area contributed by atoms with Gasteiger partial charge in [-0.15, -0.1) is 0 Å². The first kappa shape index (κ1) is 17.9. The number of piperidine rings is 1. The maximum Gasteiger partial charge on any atom is 0.238 e. The lowest BCUT2D eigenvalue weighted by Crippen LogP contribution is -2.48. The van der Waals surface area contributed by atoms with E-state index in [-0.39, 0.29) is 11.9 Å². The molecular weight excluding hydrogens is 312 g/mol. The van der Waals surface area contributed by atoms with Crippen molar-refractivity contribution in [2.45, 2.75) is 37.5 Å². The Kier molecular flexibility index (Phi) is 6.18. The van der Waals surface area contributed by atoms with Crippen molar-refractivity contribution in [1.82, 2.24) is 10.2 Å². The van der Waals surface area contributed by atoms with Crippen LogP contribution in [-0.4, -0.2) is 56.4 Å². The Morgan fingerprint density at radius 3 is 2.43 bits per heavy atom. The molecule has 23 heavy (non-hydrogen) atoms. The second-order valence-corrected chi connectivity index (χ2v) is 8.70. The molecule has 1 N–H and O–H groups in total. The molecule has 1 aliphatic heterocycles. The van der Waals surface area contributed by atoms with Crippen molar-refractivity contribution in [3.63, 3.8) is 0 Å². The molecule has 1 aromatic rings. The van der Waals surface area contributed by atoms with Crippen LogP contribution in [0.3, 0.4) is 0 Å². The fraction of sp³-hybridized carbons (Fsp3) is 0.588. The molecule has 0 radical (unpaired) electrons. The van der Waals surface area contributed by atoms with Crippen LogP contribution in [0.4, 0.5) is 0 Å². The number of hydrogen-bond donors (Lipinski definition) is 1. The van der Waals surface area contributed by atoms with E-state index in [1.165, 1.54) is 12.5 Å². The number of likely N-dealkylation sites (tertiary alicyclic amines) is 1. The highest BCUT2D eigenvalue weighted by Crippen LogP contribution is 2.12. The fourth-order valence-corrected chi connectivity index (χ4v) is 3.20. The second-order valence-electron chi connectivity index (χ2n) is 6.33. The quantitative estimate of drug-likeness (QED) is 0.847. The summed E-state index contributed by atoms with van der Waals surface area (Å²) in [6.45, 7) is 4.33. The van der Waals surface area contributed by atoms with E-state index >= 15 is 0 Å². The van der Waals surface area contributed by atoms with E-state index < -0.39 is 15.1 Å². The Morgan fingerprint density at radius 2 is 1.87 bits per heavy atom. The van der Waals surface area contributed by atoms with Gasteiger partial charge in [0.05, 0.1) is 0 Å². The first-order valence-electron chi connectivity index (χ1n) is 8.12. The van der Waals surface area contributed by atoms with Crippen LogP contribution in [0.15, 0.2) is 30.3 Å². The molecule has 1 heterocycles. The van der Waals surface area contributed by atoms with Crippen LogP contribution < -0.4 is 5.32 Å². The van der Waals surface area contributed by atoms with Crippen molar-refractivity contribution in [2.75, 3.05) is 25.9 Å². The van der Waals surface area contributed by atoms with Crippen molar-refractivity contribution in [3.05, 3.63) is 35.9 Å². The van der Waals surface area contributed by atoms with Gasteiger partial charge in [-0.2, -0.15) is 0 Å². The van der Waals surface area contributed by atoms with Gasteiger partial charge in [0.25, 0.3) is 0 Å². The Labute approximate surface area is 139 Å². The molecular formula is C17H26N2O3S. The number of nitrogens with one attached hydrogen (secondary N) is 1. The van der Waals surface area contributed by atoms with Gasteiger partial charge in [0.15, 0.2) is 9.84 Å². The molecule has 1 aromatic carbocycles. The van der Waals surface area contributed by atoms with Crippen molar-refractivity contribution >= 4 is 15.7 Å². The maximum absolute atomic E-state index is 11.9. The van der Waals surface area contributed by atoms with Gasteiger partial charge in [0.2, 0.25) is 5.91 Å². The number of carbonyl (C=O) groups is 1. The van der Waals surface area contributed by atoms with E-state index in [1.54, 1.807) is 0 Å². The lowest BCUT2D eigenvalue weighted by molar-refractivity contribution is -0.121. The van der Waals surface area contributed by atoms with Gasteiger partial charge in [-0.3, -0.25) is 4.79 Å². The molecule has 0 spiro atoms. The Balaban J connectivity index is 1.73. The molecule has 1 fully saturated rings. The maximum atomic E-state index is 11.9. The number of rotatable bonds is 6. The topological polar surface area (TPSA) is 66.5 Å². The monoisotopic (exact) mass is 338 g/mol. The van der Waals surface area contributed by atoms with Gasteiger partial charge in [0, 0.05) is 31.9 Å². The molecule has 128 valence electrons. The van der Waals surface area contributed by atoms with Crippen molar-refractivity contribution < 1.29 is 13.2 Å². The Bertz CT molecular complexity index is 608. The summed E-state index contributed by atoms with van der Waals surface area (Å²) >= 11 is 0. The summed E-state index contributed by atoms with van der Waals surface area (Å²) in [5.41, 5.74) is 1.34. The second kappa shape index (κ2) is 7.93. The van der Waals surface area contributed by atoms with Crippen molar-refractivity contribution in [3.8, 4) is 0 Å². The third-order valence-corrected chi connectivity index (χ3v) is 6.00. The zero-order chi connectivity index (χ0) is 16.9. The van der Waals surface area contributed by atoms with E-state index in [0.717, 1.165) is 45.2 Å². The summed E-state index contributed by atoms with van der Waals surface area (Å²) in [4.78, 5) is 14.3. The molecule has 1 aliphatic rings. The van der Waals surface area contributed by atoms with Crippen LogP contribution >= 0.6 is 0 Å². The third-order valence-electron chi connectivity index (χ3n) is 4.50. The SMILES string of the molecule is C[C@@H](C(=O)NC1CCN(CCc2ccccc2)CC1)S(C)(=O)=O. The van der Waals surface area contributed by atoms with Crippen LogP contribution in [-0.2, 0) is 21.1 Å². The van der Waals surface area contributed by atoms with Crippen LogP contribution in [0.1, 0.15) is 25.3 Å². The smallest absolute Gasteiger partial charge is 0.238 e. The molecule has 6 heteroatoms. The van der Waals surface area contributed by atoms with Crippen LogP contribution in [0.5, 0.6) is 0 Å². The Morgan fingerprint density at radius 1 is 1.26 bits per heavy atom. The predicted octanol–water partition coefficient (Wildman–Crippen LogP) is 1.24. The minimum absolute atomic E-state index is 0.0830. The molecule has 1 atom stereocenters. The van der Waals surface area contributed by atoms with Gasteiger partial charge in [-0.25, -0.2) is 8.42 Å². The molecule has 5 nitrogen and oxygen atoms in total. The standard InChI is InChI=1S/C17H26N2O3S/c1-14(23(2,21)22)17(20)18-16-9-12-19(13-10-16)11-8-15-6-4-3-5-7-15/h3-7,14,16H,8-13H2,1-2H3,(H,18,20)/t14-/m0/s1. The summed E-state index contributed by atoms with van der Waals surface area (Å²) in [5, 5.41) is 1.90. The summed E-state index contributed by atoms with van der Waals surface area (Å²) in [7, 11) is -3.33. The van der Waals surface area contributed by atoms with Gasteiger partial charge in [0.1, 0.15) is 5.25 Å². The van der Waals surface area contributed by atoms with Crippen LogP contribution in [0.2, 0.25) is 0 Å². The average molecular weight is 338 g/mol. The minimum atomic E-state index is -3.33. The predicted molar refractivity (Wildman–Crippen MR) is 92.1 cm³/mol. The fourth-order valence-electron chi connectivity index (χ4n) is 2.75. The van der Waals surface area contributed by atoms with Crippen LogP contribution in [0, 0.1) is 0 Å². The first-order valence-corrected chi connectivity index (χ1v) is 10.1. The lowest BCUT2D eigenvalue weighted by Gasteiger charge is -2.32. The number of carbonyl (C=O) groups excluding carboxylic acids is 1. The largest absolute Gasteiger partial charge is 0.352 e. The average Bonchev–Trinajstić information content (AvgIpc) is 2.53. The molecule has 0 aliphatic carbocycles. The zero-order valence-electron chi connectivity index (χ0n) is 13.9. The van der Waals surface area contributed by atoms with E-state index in [0.29, 0.717) is 0 Å². The van der Waals surface area contributed by atoms with Gasteiger partial charge >= 0.3 is 0 Å². The van der Waals surface area contributed by atoms with Crippen molar-refractivity contribution in [1.29, 1.82) is 0 Å². The third kappa shape index (κ3) is 5.62. The van der Waals surface area contributed by atoms with Gasteiger partial charge < -0.3 is 10.2 Å². The first-order chi connectivity index (χ1) is 10.9. The lowest BCUT2D eigenvalue weighted by atomic mass is 10.0. The number of amides is 1. The molecule has 0 bridgehead atoms. The van der Waals surface area contributed by atoms with E-state index in [4.69, 9.17) is 0 Å². The molecule has 0 unspecified atom stereocenters. The summed E-state index contributed by atoms with van der Waals surface area (Å²) in [5.74, 6) is -0.379. The zero-order valence-corrected chi connectivity index (χ0v) is 14.7. The van der Waals surface area contributed by atoms with E-state index in [9.17, 15) is 13.2 Å². The normalized spacial score (nSPS) is 18.5. The summed E-state index contributed by atoms with van der Waals surface area (Å²) < 4.78 is 22.8. The van der Waals surface area contributed by atoms with Gasteiger partial charge in [-0.1, -0.05) is 30.3 Å². The molecule has 0 saturated carbocycles. The number of nitrogens with zero attached hydrogens (tertiary/aromatic N) is 1. The molecule has 1 saturated heterocycles. The highest BCUT2D eigenvalue weighted by Gasteiger charge is 2.27. The summed E-state index contributed by atoms with van der Waals surface area (Å²) in [6, 6.07) is 10.5. The summed E-state index contributed by atoms with van der Waals surface area (Å²) in [6.07, 6.45) is 3.88. The molecule has 2 rings (SSSR count). The van der Waals surface area contributed by atoms with E-state index in [2.05, 4.69) is 34.5 Å². The minimum Gasteiger partial charge on any atom is -0.352 e. The number of sulfone groups is 1. The molecule has 1 amide bonds. The number of benzene rings is 1. The highest BCUT2D eigenvalue weighted by atomic mass is 32.2. The highest BCUT2D eigenvalue weighted by molar-refractivity contribution is 7.92.